The van der Waals surface area contributed by atoms with Gasteiger partial charge in [0.2, 0.25) is 5.91 Å². The minimum atomic E-state index is -0.290. The SMILES string of the molecule is COc1ccc(C)cc1NC(=O)C(C)N(C)CCCc1cc(-c2ccc(F)cc2)n[nH]1. The Morgan fingerprint density at radius 1 is 1.23 bits per heavy atom. The second-order valence-electron chi connectivity index (χ2n) is 7.74. The van der Waals surface area contributed by atoms with Crippen molar-refractivity contribution in [1.82, 2.24) is 15.1 Å². The summed E-state index contributed by atoms with van der Waals surface area (Å²) in [5.74, 6) is 0.304. The quantitative estimate of drug-likeness (QED) is 0.533. The molecule has 1 heterocycles. The topological polar surface area (TPSA) is 70.2 Å². The molecule has 0 saturated heterocycles. The van der Waals surface area contributed by atoms with Gasteiger partial charge in [0.25, 0.3) is 0 Å². The molecule has 0 aliphatic heterocycles. The molecule has 31 heavy (non-hydrogen) atoms. The molecule has 6 nitrogen and oxygen atoms in total. The molecule has 0 saturated carbocycles. The van der Waals surface area contributed by atoms with Gasteiger partial charge in [0.05, 0.1) is 24.5 Å². The van der Waals surface area contributed by atoms with E-state index in [-0.39, 0.29) is 17.8 Å². The maximum absolute atomic E-state index is 13.1. The monoisotopic (exact) mass is 424 g/mol. The summed E-state index contributed by atoms with van der Waals surface area (Å²) in [6.07, 6.45) is 1.67. The summed E-state index contributed by atoms with van der Waals surface area (Å²) >= 11 is 0. The summed E-state index contributed by atoms with van der Waals surface area (Å²) in [4.78, 5) is 14.7. The van der Waals surface area contributed by atoms with Crippen LogP contribution in [0.2, 0.25) is 0 Å². The molecule has 0 fully saturated rings. The van der Waals surface area contributed by atoms with Crippen molar-refractivity contribution in [3.8, 4) is 17.0 Å². The number of hydrogen-bond donors (Lipinski definition) is 2. The minimum absolute atomic E-state index is 0.0773. The molecule has 1 amide bonds. The number of anilines is 1. The Hall–Kier alpha value is -3.19. The van der Waals surface area contributed by atoms with Crippen molar-refractivity contribution in [2.75, 3.05) is 26.0 Å². The van der Waals surface area contributed by atoms with Gasteiger partial charge in [0.15, 0.2) is 0 Å². The Morgan fingerprint density at radius 2 is 1.97 bits per heavy atom. The fourth-order valence-corrected chi connectivity index (χ4v) is 3.33. The number of rotatable bonds is 9. The van der Waals surface area contributed by atoms with Crippen molar-refractivity contribution >= 4 is 11.6 Å². The van der Waals surface area contributed by atoms with Crippen LogP contribution >= 0.6 is 0 Å². The van der Waals surface area contributed by atoms with E-state index in [1.807, 2.05) is 50.1 Å². The zero-order valence-corrected chi connectivity index (χ0v) is 18.4. The smallest absolute Gasteiger partial charge is 0.241 e. The van der Waals surface area contributed by atoms with Crippen molar-refractivity contribution in [2.24, 2.45) is 0 Å². The Bertz CT molecular complexity index is 1020. The number of nitrogens with zero attached hydrogens (tertiary/aromatic N) is 2. The Morgan fingerprint density at radius 3 is 2.68 bits per heavy atom. The summed E-state index contributed by atoms with van der Waals surface area (Å²) in [6.45, 7) is 4.62. The van der Waals surface area contributed by atoms with E-state index < -0.39 is 0 Å². The summed E-state index contributed by atoms with van der Waals surface area (Å²) in [5.41, 5.74) is 4.41. The second-order valence-corrected chi connectivity index (χ2v) is 7.74. The lowest BCUT2D eigenvalue weighted by atomic mass is 10.1. The molecule has 164 valence electrons. The average molecular weight is 425 g/mol. The third-order valence-electron chi connectivity index (χ3n) is 5.38. The Balaban J connectivity index is 1.50. The van der Waals surface area contributed by atoms with Gasteiger partial charge in [-0.25, -0.2) is 4.39 Å². The molecule has 1 unspecified atom stereocenters. The molecule has 3 rings (SSSR count). The number of aromatic nitrogens is 2. The first-order chi connectivity index (χ1) is 14.9. The van der Waals surface area contributed by atoms with Crippen LogP contribution in [0, 0.1) is 12.7 Å². The predicted octanol–water partition coefficient (Wildman–Crippen LogP) is 4.42. The number of carbonyl (C=O) groups is 1. The van der Waals surface area contributed by atoms with E-state index in [0.717, 1.165) is 41.9 Å². The van der Waals surface area contributed by atoms with E-state index in [1.165, 1.54) is 12.1 Å². The van der Waals surface area contributed by atoms with Gasteiger partial charge in [-0.15, -0.1) is 0 Å². The van der Waals surface area contributed by atoms with Crippen LogP contribution < -0.4 is 10.1 Å². The molecule has 0 aliphatic rings. The number of methoxy groups -OCH3 is 1. The summed E-state index contributed by atoms with van der Waals surface area (Å²) in [6, 6.07) is 13.7. The number of nitrogens with one attached hydrogen (secondary N) is 2. The molecule has 0 radical (unpaired) electrons. The molecule has 0 bridgehead atoms. The van der Waals surface area contributed by atoms with Gasteiger partial charge in [-0.1, -0.05) is 6.07 Å². The summed E-state index contributed by atoms with van der Waals surface area (Å²) < 4.78 is 18.4. The lowest BCUT2D eigenvalue weighted by molar-refractivity contribution is -0.120. The molecule has 7 heteroatoms. The Kier molecular flexibility index (Phi) is 7.41. The van der Waals surface area contributed by atoms with Gasteiger partial charge in [-0.3, -0.25) is 14.8 Å². The van der Waals surface area contributed by atoms with Crippen molar-refractivity contribution in [3.63, 3.8) is 0 Å². The lowest BCUT2D eigenvalue weighted by Gasteiger charge is -2.24. The third-order valence-corrected chi connectivity index (χ3v) is 5.38. The first-order valence-electron chi connectivity index (χ1n) is 10.3. The molecule has 2 aromatic carbocycles. The van der Waals surface area contributed by atoms with E-state index in [2.05, 4.69) is 15.5 Å². The number of hydrogen-bond acceptors (Lipinski definition) is 4. The van der Waals surface area contributed by atoms with Crippen molar-refractivity contribution in [3.05, 3.63) is 65.6 Å². The molecule has 2 N–H and O–H groups in total. The van der Waals surface area contributed by atoms with E-state index in [4.69, 9.17) is 4.74 Å². The molecular formula is C24H29FN4O2. The summed E-state index contributed by atoms with van der Waals surface area (Å²) in [5, 5.41) is 10.3. The van der Waals surface area contributed by atoms with E-state index in [0.29, 0.717) is 11.4 Å². The normalized spacial score (nSPS) is 12.1. The summed E-state index contributed by atoms with van der Waals surface area (Å²) in [7, 11) is 3.53. The highest BCUT2D eigenvalue weighted by atomic mass is 19.1. The number of ether oxygens (including phenoxy) is 1. The molecule has 3 aromatic rings. The highest BCUT2D eigenvalue weighted by molar-refractivity contribution is 5.95. The van der Waals surface area contributed by atoms with Gasteiger partial charge >= 0.3 is 0 Å². The first kappa shape index (κ1) is 22.5. The Labute approximate surface area is 182 Å². The zero-order valence-electron chi connectivity index (χ0n) is 18.4. The fourth-order valence-electron chi connectivity index (χ4n) is 3.33. The zero-order chi connectivity index (χ0) is 22.4. The van der Waals surface area contributed by atoms with Crippen LogP contribution in [0.25, 0.3) is 11.3 Å². The van der Waals surface area contributed by atoms with Crippen molar-refractivity contribution in [2.45, 2.75) is 32.7 Å². The standard InChI is InChI=1S/C24H29FN4O2/c1-16-7-12-23(31-4)22(14-16)26-24(30)17(2)29(3)13-5-6-20-15-21(28-27-20)18-8-10-19(25)11-9-18/h7-12,14-15,17H,5-6,13H2,1-4H3,(H,26,30)(H,27,28). The number of likely N-dealkylation sites (N-methyl/N-ethyl adjacent to an activating group) is 1. The van der Waals surface area contributed by atoms with Gasteiger partial charge < -0.3 is 10.1 Å². The highest BCUT2D eigenvalue weighted by Gasteiger charge is 2.19. The van der Waals surface area contributed by atoms with Crippen LogP contribution in [0.4, 0.5) is 10.1 Å². The van der Waals surface area contributed by atoms with E-state index >= 15 is 0 Å². The van der Waals surface area contributed by atoms with E-state index in [9.17, 15) is 9.18 Å². The van der Waals surface area contributed by atoms with Gasteiger partial charge in [0.1, 0.15) is 11.6 Å². The van der Waals surface area contributed by atoms with Crippen LogP contribution in [0.15, 0.2) is 48.5 Å². The maximum atomic E-state index is 13.1. The number of halogens is 1. The van der Waals surface area contributed by atoms with Crippen LogP contribution in [-0.4, -0.2) is 47.7 Å². The lowest BCUT2D eigenvalue weighted by Crippen LogP contribution is -2.40. The fraction of sp³-hybridized carbons (Fsp3) is 0.333. The maximum Gasteiger partial charge on any atom is 0.241 e. The predicted molar refractivity (Wildman–Crippen MR) is 121 cm³/mol. The number of carbonyl (C=O) groups excluding carboxylic acids is 1. The van der Waals surface area contributed by atoms with Crippen molar-refractivity contribution < 1.29 is 13.9 Å². The number of amides is 1. The average Bonchev–Trinajstić information content (AvgIpc) is 3.22. The number of aryl methyl sites for hydroxylation is 2. The first-order valence-corrected chi connectivity index (χ1v) is 10.3. The van der Waals surface area contributed by atoms with Crippen LogP contribution in [0.1, 0.15) is 24.6 Å². The number of aromatic amines is 1. The van der Waals surface area contributed by atoms with Gasteiger partial charge in [-0.2, -0.15) is 5.10 Å². The van der Waals surface area contributed by atoms with E-state index in [1.54, 1.807) is 19.2 Å². The molecule has 1 atom stereocenters. The minimum Gasteiger partial charge on any atom is -0.495 e. The van der Waals surface area contributed by atoms with Crippen LogP contribution in [0.5, 0.6) is 5.75 Å². The van der Waals surface area contributed by atoms with Crippen LogP contribution in [-0.2, 0) is 11.2 Å². The highest BCUT2D eigenvalue weighted by Crippen LogP contribution is 2.25. The largest absolute Gasteiger partial charge is 0.495 e. The molecule has 0 aliphatic carbocycles. The van der Waals surface area contributed by atoms with Gasteiger partial charge in [0, 0.05) is 11.3 Å². The third kappa shape index (κ3) is 5.92. The van der Waals surface area contributed by atoms with Crippen LogP contribution in [0.3, 0.4) is 0 Å². The molecule has 0 spiro atoms. The number of H-pyrrole nitrogens is 1. The molecule has 1 aromatic heterocycles. The number of benzene rings is 2. The second kappa shape index (κ2) is 10.2. The van der Waals surface area contributed by atoms with Crippen molar-refractivity contribution in [1.29, 1.82) is 0 Å². The van der Waals surface area contributed by atoms with Gasteiger partial charge in [-0.05, 0) is 88.3 Å². The molecular weight excluding hydrogens is 395 g/mol.